The summed E-state index contributed by atoms with van der Waals surface area (Å²) in [5, 5.41) is 7.78. The number of nitrogens with zero attached hydrogens (tertiary/aromatic N) is 1. The number of thiazole rings is 1. The van der Waals surface area contributed by atoms with E-state index < -0.39 is 0 Å². The molecule has 6 nitrogen and oxygen atoms in total. The summed E-state index contributed by atoms with van der Waals surface area (Å²) in [6.45, 7) is 0.355. The van der Waals surface area contributed by atoms with Crippen LogP contribution in [0.5, 0.6) is 0 Å². The number of H-pyrrole nitrogens is 1. The molecule has 3 aromatic heterocycles. The smallest absolute Gasteiger partial charge is 0.253 e. The number of amides is 1. The van der Waals surface area contributed by atoms with E-state index in [1.54, 1.807) is 29.9 Å². The zero-order valence-corrected chi connectivity index (χ0v) is 16.5. The molecular weight excluding hydrogens is 384 g/mol. The average Bonchev–Trinajstić information content (AvgIpc) is 3.49. The normalized spacial score (nSPS) is 11.2. The standard InChI is InChI=1S/C22H18N4O2S/c1-23-22-26-19-7-5-14(10-20(19)29-22)13-4-6-18-16(9-13)17(12-24-18)21(27)25-11-15-3-2-8-28-15/h2-10,12,24H,11H2,1H3,(H,23,26)(H,25,27). The van der Waals surface area contributed by atoms with Gasteiger partial charge in [-0.25, -0.2) is 4.98 Å². The molecule has 0 unspecified atom stereocenters. The highest BCUT2D eigenvalue weighted by Gasteiger charge is 2.14. The van der Waals surface area contributed by atoms with Gasteiger partial charge < -0.3 is 20.0 Å². The number of benzene rings is 2. The van der Waals surface area contributed by atoms with Gasteiger partial charge in [-0.1, -0.05) is 23.5 Å². The van der Waals surface area contributed by atoms with Crippen LogP contribution < -0.4 is 10.6 Å². The van der Waals surface area contributed by atoms with Crippen molar-refractivity contribution in [1.29, 1.82) is 0 Å². The van der Waals surface area contributed by atoms with Crippen LogP contribution in [0.1, 0.15) is 16.1 Å². The molecule has 7 heteroatoms. The second-order valence-corrected chi connectivity index (χ2v) is 7.71. The lowest BCUT2D eigenvalue weighted by atomic mass is 10.0. The van der Waals surface area contributed by atoms with Crippen molar-refractivity contribution in [2.75, 3.05) is 12.4 Å². The quantitative estimate of drug-likeness (QED) is 0.386. The van der Waals surface area contributed by atoms with Crippen molar-refractivity contribution >= 4 is 43.5 Å². The molecule has 0 fully saturated rings. The number of carbonyl (C=O) groups excluding carboxylic acids is 1. The van der Waals surface area contributed by atoms with Crippen LogP contribution >= 0.6 is 11.3 Å². The van der Waals surface area contributed by atoms with Crippen LogP contribution in [0.2, 0.25) is 0 Å². The van der Waals surface area contributed by atoms with Crippen molar-refractivity contribution < 1.29 is 9.21 Å². The Morgan fingerprint density at radius 2 is 2.03 bits per heavy atom. The Morgan fingerprint density at radius 1 is 1.17 bits per heavy atom. The van der Waals surface area contributed by atoms with Gasteiger partial charge in [-0.3, -0.25) is 4.79 Å². The third-order valence-corrected chi connectivity index (χ3v) is 5.90. The van der Waals surface area contributed by atoms with E-state index in [9.17, 15) is 4.79 Å². The lowest BCUT2D eigenvalue weighted by Crippen LogP contribution is -2.22. The zero-order chi connectivity index (χ0) is 19.8. The van der Waals surface area contributed by atoms with Crippen molar-refractivity contribution in [1.82, 2.24) is 15.3 Å². The molecule has 0 radical (unpaired) electrons. The van der Waals surface area contributed by atoms with E-state index in [4.69, 9.17) is 4.42 Å². The summed E-state index contributed by atoms with van der Waals surface area (Å²) < 4.78 is 6.40. The number of hydrogen-bond donors (Lipinski definition) is 3. The summed E-state index contributed by atoms with van der Waals surface area (Å²) in [4.78, 5) is 20.4. The maximum atomic E-state index is 12.7. The Labute approximate surface area is 170 Å². The Kier molecular flexibility index (Phi) is 4.29. The first-order valence-electron chi connectivity index (χ1n) is 9.22. The lowest BCUT2D eigenvalue weighted by molar-refractivity contribution is 0.0949. The number of rotatable bonds is 5. The first-order valence-corrected chi connectivity index (χ1v) is 10.0. The van der Waals surface area contributed by atoms with Crippen LogP contribution in [0.4, 0.5) is 5.13 Å². The Morgan fingerprint density at radius 3 is 2.86 bits per heavy atom. The topological polar surface area (TPSA) is 83.0 Å². The minimum atomic E-state index is -0.138. The summed E-state index contributed by atoms with van der Waals surface area (Å²) in [7, 11) is 1.87. The van der Waals surface area contributed by atoms with Crippen LogP contribution in [-0.2, 0) is 6.54 Å². The molecule has 0 bridgehead atoms. The summed E-state index contributed by atoms with van der Waals surface area (Å²) >= 11 is 1.62. The van der Waals surface area contributed by atoms with Gasteiger partial charge in [0.25, 0.3) is 5.91 Å². The number of aromatic amines is 1. The lowest BCUT2D eigenvalue weighted by Gasteiger charge is -2.05. The van der Waals surface area contributed by atoms with Gasteiger partial charge in [-0.15, -0.1) is 0 Å². The molecule has 144 valence electrons. The average molecular weight is 402 g/mol. The molecule has 5 rings (SSSR count). The van der Waals surface area contributed by atoms with Gasteiger partial charge in [-0.2, -0.15) is 0 Å². The highest BCUT2D eigenvalue weighted by atomic mass is 32.1. The fourth-order valence-electron chi connectivity index (χ4n) is 3.37. The molecular formula is C22H18N4O2S. The van der Waals surface area contributed by atoms with E-state index in [0.29, 0.717) is 12.1 Å². The van der Waals surface area contributed by atoms with Crippen LogP contribution in [0.15, 0.2) is 65.4 Å². The van der Waals surface area contributed by atoms with Crippen molar-refractivity contribution in [3.8, 4) is 11.1 Å². The monoisotopic (exact) mass is 402 g/mol. The second kappa shape index (κ2) is 7.10. The summed E-state index contributed by atoms with van der Waals surface area (Å²) in [6.07, 6.45) is 3.34. The van der Waals surface area contributed by atoms with E-state index >= 15 is 0 Å². The number of fused-ring (bicyclic) bond motifs is 2. The Bertz CT molecular complexity index is 1320. The first-order chi connectivity index (χ1) is 14.2. The third-order valence-electron chi connectivity index (χ3n) is 4.87. The number of aromatic nitrogens is 2. The molecule has 0 aliphatic rings. The largest absolute Gasteiger partial charge is 0.467 e. The van der Waals surface area contributed by atoms with Gasteiger partial charge in [0.15, 0.2) is 5.13 Å². The highest BCUT2D eigenvalue weighted by Crippen LogP contribution is 2.32. The van der Waals surface area contributed by atoms with E-state index in [1.165, 1.54) is 0 Å². The molecule has 0 spiro atoms. The maximum Gasteiger partial charge on any atom is 0.253 e. The molecule has 3 heterocycles. The Balaban J connectivity index is 1.48. The molecule has 0 saturated carbocycles. The number of nitrogens with one attached hydrogen (secondary N) is 3. The number of carbonyl (C=O) groups is 1. The van der Waals surface area contributed by atoms with Crippen molar-refractivity contribution in [3.05, 3.63) is 72.3 Å². The van der Waals surface area contributed by atoms with Crippen LogP contribution in [0.25, 0.3) is 32.2 Å². The molecule has 0 aliphatic carbocycles. The van der Waals surface area contributed by atoms with Crippen molar-refractivity contribution in [2.24, 2.45) is 0 Å². The van der Waals surface area contributed by atoms with Gasteiger partial charge in [-0.05, 0) is 47.5 Å². The van der Waals surface area contributed by atoms with E-state index in [2.05, 4.69) is 44.9 Å². The van der Waals surface area contributed by atoms with Crippen LogP contribution in [0.3, 0.4) is 0 Å². The van der Waals surface area contributed by atoms with Gasteiger partial charge in [0, 0.05) is 24.1 Å². The molecule has 5 aromatic rings. The number of anilines is 1. The van der Waals surface area contributed by atoms with Gasteiger partial charge in [0.05, 0.1) is 28.6 Å². The minimum absolute atomic E-state index is 0.138. The first kappa shape index (κ1) is 17.5. The number of furan rings is 1. The minimum Gasteiger partial charge on any atom is -0.467 e. The SMILES string of the molecule is CNc1nc2ccc(-c3ccc4[nH]cc(C(=O)NCc5ccco5)c4c3)cc2s1. The van der Waals surface area contributed by atoms with Gasteiger partial charge >= 0.3 is 0 Å². The molecule has 29 heavy (non-hydrogen) atoms. The molecule has 0 saturated heterocycles. The fourth-order valence-corrected chi connectivity index (χ4v) is 4.23. The van der Waals surface area contributed by atoms with Crippen LogP contribution in [-0.4, -0.2) is 22.9 Å². The van der Waals surface area contributed by atoms with Crippen molar-refractivity contribution in [3.63, 3.8) is 0 Å². The Hall–Kier alpha value is -3.58. The molecule has 2 aromatic carbocycles. The maximum absolute atomic E-state index is 12.7. The predicted octanol–water partition coefficient (Wildman–Crippen LogP) is 5.01. The summed E-state index contributed by atoms with van der Waals surface area (Å²) in [5.74, 6) is 0.582. The summed E-state index contributed by atoms with van der Waals surface area (Å²) in [5.41, 5.74) is 4.66. The van der Waals surface area contributed by atoms with E-state index in [0.717, 1.165) is 43.1 Å². The van der Waals surface area contributed by atoms with E-state index in [-0.39, 0.29) is 5.91 Å². The zero-order valence-electron chi connectivity index (χ0n) is 15.7. The van der Waals surface area contributed by atoms with Gasteiger partial charge in [0.1, 0.15) is 5.76 Å². The second-order valence-electron chi connectivity index (χ2n) is 6.68. The molecule has 0 atom stereocenters. The van der Waals surface area contributed by atoms with Crippen LogP contribution in [0, 0.1) is 0 Å². The van der Waals surface area contributed by atoms with Gasteiger partial charge in [0.2, 0.25) is 0 Å². The molecule has 0 aliphatic heterocycles. The molecule has 1 amide bonds. The number of hydrogen-bond acceptors (Lipinski definition) is 5. The molecule has 3 N–H and O–H groups in total. The predicted molar refractivity (Wildman–Crippen MR) is 116 cm³/mol. The van der Waals surface area contributed by atoms with Crippen molar-refractivity contribution in [2.45, 2.75) is 6.54 Å². The third kappa shape index (κ3) is 3.25. The fraction of sp³-hybridized carbons (Fsp3) is 0.0909. The highest BCUT2D eigenvalue weighted by molar-refractivity contribution is 7.22. The van der Waals surface area contributed by atoms with E-state index in [1.807, 2.05) is 25.2 Å². The summed E-state index contributed by atoms with van der Waals surface area (Å²) in [6, 6.07) is 16.0.